The molecule has 0 saturated carbocycles. The van der Waals surface area contributed by atoms with Gasteiger partial charge in [-0.05, 0) is 0 Å². The topological polar surface area (TPSA) is 66.9 Å². The first-order valence-electron chi connectivity index (χ1n) is 4.14. The van der Waals surface area contributed by atoms with E-state index in [9.17, 15) is 4.79 Å². The third kappa shape index (κ3) is 4.04. The Hall–Kier alpha value is -1.36. The summed E-state index contributed by atoms with van der Waals surface area (Å²) in [6, 6.07) is 1.62. The number of carbonyl (C=O) groups excluding carboxylic acids is 1. The Balaban J connectivity index is 2.28. The predicted molar refractivity (Wildman–Crippen MR) is 54.2 cm³/mol. The van der Waals surface area contributed by atoms with E-state index in [-0.39, 0.29) is 5.91 Å². The number of hydrogen-bond donors (Lipinski definition) is 2. The first-order chi connectivity index (χ1) is 6.68. The SMILES string of the molecule is CC(=O)NCCNc1cc(Cl)ncn1. The Morgan fingerprint density at radius 3 is 2.93 bits per heavy atom. The summed E-state index contributed by atoms with van der Waals surface area (Å²) in [6.07, 6.45) is 1.38. The number of amides is 1. The molecule has 0 aliphatic carbocycles. The second kappa shape index (κ2) is 5.39. The van der Waals surface area contributed by atoms with Crippen molar-refractivity contribution in [1.29, 1.82) is 0 Å². The van der Waals surface area contributed by atoms with Crippen LogP contribution in [-0.4, -0.2) is 29.0 Å². The molecule has 0 saturated heterocycles. The molecule has 1 amide bonds. The van der Waals surface area contributed by atoms with Gasteiger partial charge in [-0.1, -0.05) is 11.6 Å². The summed E-state index contributed by atoms with van der Waals surface area (Å²) in [4.78, 5) is 18.2. The molecule has 0 unspecified atom stereocenters. The van der Waals surface area contributed by atoms with E-state index in [0.717, 1.165) is 0 Å². The van der Waals surface area contributed by atoms with Gasteiger partial charge < -0.3 is 10.6 Å². The van der Waals surface area contributed by atoms with E-state index in [1.165, 1.54) is 13.3 Å². The van der Waals surface area contributed by atoms with E-state index < -0.39 is 0 Å². The number of rotatable bonds is 4. The number of aromatic nitrogens is 2. The molecule has 0 aromatic carbocycles. The molecule has 6 heteroatoms. The van der Waals surface area contributed by atoms with E-state index in [0.29, 0.717) is 24.1 Å². The maximum atomic E-state index is 10.5. The minimum absolute atomic E-state index is 0.0486. The summed E-state index contributed by atoms with van der Waals surface area (Å²) >= 11 is 5.65. The fourth-order valence-corrected chi connectivity index (χ4v) is 1.01. The smallest absolute Gasteiger partial charge is 0.216 e. The van der Waals surface area contributed by atoms with Crippen molar-refractivity contribution in [2.75, 3.05) is 18.4 Å². The number of carbonyl (C=O) groups is 1. The van der Waals surface area contributed by atoms with Crippen molar-refractivity contribution in [3.05, 3.63) is 17.5 Å². The van der Waals surface area contributed by atoms with Gasteiger partial charge in [-0.15, -0.1) is 0 Å². The molecule has 0 aliphatic rings. The van der Waals surface area contributed by atoms with E-state index >= 15 is 0 Å². The second-order valence-corrected chi connectivity index (χ2v) is 3.02. The average Bonchev–Trinajstić information content (AvgIpc) is 2.12. The number of halogens is 1. The largest absolute Gasteiger partial charge is 0.368 e. The van der Waals surface area contributed by atoms with Crippen molar-refractivity contribution in [1.82, 2.24) is 15.3 Å². The number of anilines is 1. The fraction of sp³-hybridized carbons (Fsp3) is 0.375. The lowest BCUT2D eigenvalue weighted by atomic mass is 10.5. The zero-order chi connectivity index (χ0) is 10.4. The maximum Gasteiger partial charge on any atom is 0.216 e. The predicted octanol–water partition coefficient (Wildman–Crippen LogP) is 0.678. The summed E-state index contributed by atoms with van der Waals surface area (Å²) in [6.45, 7) is 2.63. The van der Waals surface area contributed by atoms with Crippen LogP contribution in [0.2, 0.25) is 5.15 Å². The van der Waals surface area contributed by atoms with Gasteiger partial charge in [0, 0.05) is 26.1 Å². The second-order valence-electron chi connectivity index (χ2n) is 2.64. The molecule has 14 heavy (non-hydrogen) atoms. The fourth-order valence-electron chi connectivity index (χ4n) is 0.859. The van der Waals surface area contributed by atoms with Gasteiger partial charge in [0.25, 0.3) is 0 Å². The molecule has 2 N–H and O–H groups in total. The van der Waals surface area contributed by atoms with Crippen LogP contribution in [0.5, 0.6) is 0 Å². The number of hydrogen-bond acceptors (Lipinski definition) is 4. The highest BCUT2D eigenvalue weighted by Crippen LogP contribution is 2.07. The quantitative estimate of drug-likeness (QED) is 0.571. The molecule has 1 aromatic rings. The molecular formula is C8H11ClN4O. The highest BCUT2D eigenvalue weighted by Gasteiger charge is 1.95. The van der Waals surface area contributed by atoms with E-state index in [4.69, 9.17) is 11.6 Å². The van der Waals surface area contributed by atoms with Crippen LogP contribution in [0.25, 0.3) is 0 Å². The van der Waals surface area contributed by atoms with Crippen LogP contribution in [0.3, 0.4) is 0 Å². The number of nitrogens with one attached hydrogen (secondary N) is 2. The van der Waals surface area contributed by atoms with Gasteiger partial charge in [0.2, 0.25) is 5.91 Å². The zero-order valence-electron chi connectivity index (χ0n) is 7.75. The maximum absolute atomic E-state index is 10.5. The molecule has 0 fully saturated rings. The number of nitrogens with zero attached hydrogens (tertiary/aromatic N) is 2. The van der Waals surface area contributed by atoms with Crippen LogP contribution in [0.15, 0.2) is 12.4 Å². The highest BCUT2D eigenvalue weighted by molar-refractivity contribution is 6.29. The lowest BCUT2D eigenvalue weighted by Crippen LogP contribution is -2.26. The third-order valence-electron chi connectivity index (χ3n) is 1.44. The Morgan fingerprint density at radius 1 is 1.50 bits per heavy atom. The summed E-state index contributed by atoms with van der Waals surface area (Å²) in [5.74, 6) is 0.600. The van der Waals surface area contributed by atoms with Crippen molar-refractivity contribution in [3.63, 3.8) is 0 Å². The van der Waals surface area contributed by atoms with Crippen LogP contribution in [0.4, 0.5) is 5.82 Å². The molecular weight excluding hydrogens is 204 g/mol. The zero-order valence-corrected chi connectivity index (χ0v) is 8.51. The van der Waals surface area contributed by atoms with Crippen molar-refractivity contribution < 1.29 is 4.79 Å². The van der Waals surface area contributed by atoms with Gasteiger partial charge in [0.1, 0.15) is 17.3 Å². The molecule has 0 atom stereocenters. The van der Waals surface area contributed by atoms with Crippen LogP contribution in [-0.2, 0) is 4.79 Å². The molecule has 1 rings (SSSR count). The summed E-state index contributed by atoms with van der Waals surface area (Å²) in [5, 5.41) is 6.03. The highest BCUT2D eigenvalue weighted by atomic mass is 35.5. The van der Waals surface area contributed by atoms with Gasteiger partial charge >= 0.3 is 0 Å². The van der Waals surface area contributed by atoms with Gasteiger partial charge in [0.15, 0.2) is 0 Å². The summed E-state index contributed by atoms with van der Waals surface area (Å²) in [5.41, 5.74) is 0. The lowest BCUT2D eigenvalue weighted by Gasteiger charge is -2.05. The van der Waals surface area contributed by atoms with Crippen LogP contribution < -0.4 is 10.6 Å². The molecule has 0 radical (unpaired) electrons. The van der Waals surface area contributed by atoms with E-state index in [2.05, 4.69) is 20.6 Å². The van der Waals surface area contributed by atoms with E-state index in [1.54, 1.807) is 6.07 Å². The van der Waals surface area contributed by atoms with Gasteiger partial charge in [0.05, 0.1) is 0 Å². The van der Waals surface area contributed by atoms with Crippen LogP contribution in [0, 0.1) is 0 Å². The molecule has 1 aromatic heterocycles. The normalized spacial score (nSPS) is 9.57. The Bertz CT molecular complexity index is 318. The molecule has 0 aliphatic heterocycles. The van der Waals surface area contributed by atoms with Gasteiger partial charge in [-0.25, -0.2) is 9.97 Å². The van der Waals surface area contributed by atoms with Crippen molar-refractivity contribution in [2.24, 2.45) is 0 Å². The molecule has 1 heterocycles. The minimum atomic E-state index is -0.0486. The first kappa shape index (κ1) is 10.7. The van der Waals surface area contributed by atoms with Crippen molar-refractivity contribution >= 4 is 23.3 Å². The average molecular weight is 215 g/mol. The van der Waals surface area contributed by atoms with Crippen molar-refractivity contribution in [3.8, 4) is 0 Å². The molecule has 0 bridgehead atoms. The summed E-state index contributed by atoms with van der Waals surface area (Å²) in [7, 11) is 0. The molecule has 76 valence electrons. The third-order valence-corrected chi connectivity index (χ3v) is 1.65. The molecule has 0 spiro atoms. The minimum Gasteiger partial charge on any atom is -0.368 e. The van der Waals surface area contributed by atoms with Crippen molar-refractivity contribution in [2.45, 2.75) is 6.92 Å². The Labute approximate surface area is 86.9 Å². The monoisotopic (exact) mass is 214 g/mol. The first-order valence-corrected chi connectivity index (χ1v) is 4.52. The lowest BCUT2D eigenvalue weighted by molar-refractivity contribution is -0.118. The molecule has 5 nitrogen and oxygen atoms in total. The van der Waals surface area contributed by atoms with E-state index in [1.807, 2.05) is 0 Å². The Kier molecular flexibility index (Phi) is 4.12. The van der Waals surface area contributed by atoms with Gasteiger partial charge in [-0.2, -0.15) is 0 Å². The summed E-state index contributed by atoms with van der Waals surface area (Å²) < 4.78 is 0. The van der Waals surface area contributed by atoms with Crippen LogP contribution in [0.1, 0.15) is 6.92 Å². The standard InChI is InChI=1S/C8H11ClN4O/c1-6(14)10-2-3-11-8-4-7(9)12-5-13-8/h4-5H,2-3H2,1H3,(H,10,14)(H,11,12,13). The van der Waals surface area contributed by atoms with Gasteiger partial charge in [-0.3, -0.25) is 4.79 Å². The van der Waals surface area contributed by atoms with Crippen LogP contribution >= 0.6 is 11.6 Å². The Morgan fingerprint density at radius 2 is 2.29 bits per heavy atom.